The standard InChI is InChI=1S/C58H41N3O/c62-59-38-28-30-55-49(32-38)50-33-40(29-31-56(50)60(55)39-18-8-3-9-19-39)61-53-26-12-22-43-41-20-10-24-45-47(41)34-48-42(44-23-13-27-54(61)52(44)35-51(43)53)21-11-25-46(48)58(45)57(36-14-4-1-5-15-36)37-16-6-2-7-17-37/h1-2,4-8,10-12,14-26,28-33H,3,9,13,27,34-35H2. The Morgan fingerprint density at radius 2 is 1.21 bits per heavy atom. The molecule has 0 unspecified atom stereocenters. The van der Waals surface area contributed by atoms with E-state index in [1.54, 1.807) is 0 Å². The lowest BCUT2D eigenvalue weighted by Gasteiger charge is -2.41. The van der Waals surface area contributed by atoms with Crippen LogP contribution >= 0.6 is 0 Å². The minimum Gasteiger partial charge on any atom is -0.314 e. The Morgan fingerprint density at radius 1 is 0.548 bits per heavy atom. The first-order valence-corrected chi connectivity index (χ1v) is 22.0. The van der Waals surface area contributed by atoms with E-state index >= 15 is 0 Å². The van der Waals surface area contributed by atoms with Crippen LogP contribution in [-0.4, -0.2) is 4.57 Å². The highest BCUT2D eigenvalue weighted by atomic mass is 16.3. The molecule has 0 radical (unpaired) electrons. The van der Waals surface area contributed by atoms with Gasteiger partial charge in [0.2, 0.25) is 0 Å². The van der Waals surface area contributed by atoms with E-state index in [0.29, 0.717) is 5.69 Å². The van der Waals surface area contributed by atoms with Gasteiger partial charge in [-0.3, -0.25) is 0 Å². The van der Waals surface area contributed by atoms with Crippen LogP contribution in [0.4, 0.5) is 17.1 Å². The molecule has 2 aliphatic heterocycles. The first-order chi connectivity index (χ1) is 30.7. The summed E-state index contributed by atoms with van der Waals surface area (Å²) in [4.78, 5) is 14.5. The Morgan fingerprint density at radius 3 is 1.94 bits per heavy atom. The molecule has 5 aliphatic rings. The highest BCUT2D eigenvalue weighted by Gasteiger charge is 2.36. The summed E-state index contributed by atoms with van der Waals surface area (Å²) in [5.41, 5.74) is 26.1. The van der Waals surface area contributed by atoms with Crippen molar-refractivity contribution < 1.29 is 0 Å². The van der Waals surface area contributed by atoms with E-state index in [-0.39, 0.29) is 0 Å². The fraction of sp³-hybridized carbons (Fsp3) is 0.103. The van der Waals surface area contributed by atoms with Crippen molar-refractivity contribution in [2.45, 2.75) is 38.5 Å². The zero-order valence-electron chi connectivity index (χ0n) is 34.2. The van der Waals surface area contributed by atoms with Gasteiger partial charge in [-0.05, 0) is 164 Å². The summed E-state index contributed by atoms with van der Waals surface area (Å²) >= 11 is 0. The summed E-state index contributed by atoms with van der Waals surface area (Å²) in [7, 11) is 0. The van der Waals surface area contributed by atoms with Gasteiger partial charge in [0.25, 0.3) is 0 Å². The van der Waals surface area contributed by atoms with E-state index in [1.165, 1.54) is 95.0 Å². The number of rotatable bonds is 5. The van der Waals surface area contributed by atoms with Gasteiger partial charge < -0.3 is 9.47 Å². The van der Waals surface area contributed by atoms with Crippen molar-refractivity contribution in [3.63, 3.8) is 0 Å². The Labute approximate surface area is 360 Å². The summed E-state index contributed by atoms with van der Waals surface area (Å²) in [6.45, 7) is 0. The predicted octanol–water partition coefficient (Wildman–Crippen LogP) is 15.1. The topological polar surface area (TPSA) is 37.6 Å². The number of fused-ring (bicyclic) bond motifs is 5. The number of hydrogen-bond donors (Lipinski definition) is 0. The van der Waals surface area contributed by atoms with Crippen LogP contribution in [0, 0.1) is 4.91 Å². The van der Waals surface area contributed by atoms with Gasteiger partial charge in [-0.2, -0.15) is 0 Å². The molecule has 0 amide bonds. The lowest BCUT2D eigenvalue weighted by atomic mass is 9.70. The molecule has 13 rings (SSSR count). The minimum absolute atomic E-state index is 0.444. The predicted molar refractivity (Wildman–Crippen MR) is 257 cm³/mol. The van der Waals surface area contributed by atoms with Crippen molar-refractivity contribution in [1.29, 1.82) is 0 Å². The fourth-order valence-corrected chi connectivity index (χ4v) is 11.4. The molecule has 3 aliphatic carbocycles. The molecule has 0 saturated carbocycles. The van der Waals surface area contributed by atoms with Gasteiger partial charge in [0.05, 0.1) is 11.0 Å². The smallest absolute Gasteiger partial charge is 0.108 e. The van der Waals surface area contributed by atoms with E-state index in [1.807, 2.05) is 12.1 Å². The number of nitroso groups, excluding NO2 is 1. The van der Waals surface area contributed by atoms with Crippen LogP contribution in [0.2, 0.25) is 0 Å². The maximum Gasteiger partial charge on any atom is 0.108 e. The largest absolute Gasteiger partial charge is 0.314 e. The summed E-state index contributed by atoms with van der Waals surface area (Å²) in [5, 5.41) is 5.53. The highest BCUT2D eigenvalue weighted by Crippen LogP contribution is 2.54. The average molecular weight is 796 g/mol. The Hall–Kier alpha value is -7.56. The maximum absolute atomic E-state index is 11.9. The normalized spacial score (nSPS) is 15.7. The Bertz CT molecular complexity index is 3370. The van der Waals surface area contributed by atoms with Crippen molar-refractivity contribution in [3.8, 4) is 11.1 Å². The van der Waals surface area contributed by atoms with Crippen LogP contribution in [0.1, 0.15) is 70.2 Å². The Balaban J connectivity index is 1.10. The lowest BCUT2D eigenvalue weighted by Crippen LogP contribution is -2.27. The number of aromatic nitrogens is 1. The molecule has 7 aromatic carbocycles. The van der Waals surface area contributed by atoms with Crippen LogP contribution in [-0.2, 0) is 12.8 Å². The van der Waals surface area contributed by atoms with Crippen molar-refractivity contribution in [2.24, 2.45) is 5.18 Å². The monoisotopic (exact) mass is 795 g/mol. The Kier molecular flexibility index (Phi) is 7.80. The van der Waals surface area contributed by atoms with Gasteiger partial charge in [0.1, 0.15) is 5.69 Å². The third kappa shape index (κ3) is 5.13. The number of anilines is 2. The first kappa shape index (κ1) is 35.2. The average Bonchev–Trinajstić information content (AvgIpc) is 3.66. The van der Waals surface area contributed by atoms with Gasteiger partial charge in [-0.15, -0.1) is 4.91 Å². The van der Waals surface area contributed by atoms with Gasteiger partial charge in [0, 0.05) is 40.0 Å². The van der Waals surface area contributed by atoms with E-state index < -0.39 is 0 Å². The van der Waals surface area contributed by atoms with Crippen LogP contribution < -0.4 is 4.90 Å². The summed E-state index contributed by atoms with van der Waals surface area (Å²) < 4.78 is 2.35. The third-order valence-electron chi connectivity index (χ3n) is 13.9. The number of nitrogens with zero attached hydrogens (tertiary/aromatic N) is 3. The van der Waals surface area contributed by atoms with Crippen molar-refractivity contribution in [3.05, 3.63) is 237 Å². The second-order valence-corrected chi connectivity index (χ2v) is 17.2. The molecule has 0 fully saturated rings. The SMILES string of the molecule is O=Nc1ccc2c(c1)c1cc(N3C4=C5Cc6c(cccc63)-c3cccc6c3Cc3c(cccc3C6=C(c3ccccc3)c3ccccc3)C5=CCC4)ccc1n2C1=CCCC=C1. The number of hydrogen-bond acceptors (Lipinski definition) is 3. The zero-order chi connectivity index (χ0) is 40.9. The van der Waals surface area contributed by atoms with Crippen molar-refractivity contribution in [2.75, 3.05) is 4.90 Å². The second kappa shape index (κ2) is 13.7. The van der Waals surface area contributed by atoms with Crippen molar-refractivity contribution >= 4 is 61.3 Å². The first-order valence-electron chi connectivity index (χ1n) is 22.0. The van der Waals surface area contributed by atoms with E-state index in [0.717, 1.165) is 66.0 Å². The quantitative estimate of drug-likeness (QED) is 0.163. The summed E-state index contributed by atoms with van der Waals surface area (Å²) in [6, 6.07) is 55.8. The van der Waals surface area contributed by atoms with Crippen LogP contribution in [0.3, 0.4) is 0 Å². The fourth-order valence-electron chi connectivity index (χ4n) is 11.4. The molecule has 0 atom stereocenters. The highest BCUT2D eigenvalue weighted by molar-refractivity contribution is 6.13. The molecule has 0 saturated heterocycles. The van der Waals surface area contributed by atoms with Gasteiger partial charge in [-0.1, -0.05) is 127 Å². The van der Waals surface area contributed by atoms with Gasteiger partial charge in [0.15, 0.2) is 0 Å². The van der Waals surface area contributed by atoms with E-state index in [4.69, 9.17) is 0 Å². The molecule has 62 heavy (non-hydrogen) atoms. The van der Waals surface area contributed by atoms with Gasteiger partial charge >= 0.3 is 0 Å². The summed E-state index contributed by atoms with van der Waals surface area (Å²) in [6.07, 6.45) is 15.0. The molecule has 1 aromatic heterocycles. The molecule has 0 N–H and O–H groups in total. The zero-order valence-corrected chi connectivity index (χ0v) is 34.2. The molecule has 12 bridgehead atoms. The molecule has 4 nitrogen and oxygen atoms in total. The summed E-state index contributed by atoms with van der Waals surface area (Å²) in [5.74, 6) is 0. The number of allylic oxidation sites excluding steroid dienone is 8. The molecule has 0 spiro atoms. The lowest BCUT2D eigenvalue weighted by molar-refractivity contribution is 0.864. The maximum atomic E-state index is 11.9. The van der Waals surface area contributed by atoms with Crippen LogP contribution in [0.25, 0.3) is 55.3 Å². The molecule has 294 valence electrons. The van der Waals surface area contributed by atoms with E-state index in [2.05, 4.69) is 178 Å². The number of benzene rings is 7. The van der Waals surface area contributed by atoms with Crippen LogP contribution in [0.5, 0.6) is 0 Å². The van der Waals surface area contributed by atoms with Crippen LogP contribution in [0.15, 0.2) is 192 Å². The minimum atomic E-state index is 0.444. The molecular weight excluding hydrogens is 755 g/mol. The van der Waals surface area contributed by atoms with E-state index in [9.17, 15) is 4.91 Å². The third-order valence-corrected chi connectivity index (χ3v) is 13.9. The molecule has 4 heteroatoms. The second-order valence-electron chi connectivity index (χ2n) is 17.2. The van der Waals surface area contributed by atoms with Gasteiger partial charge in [-0.25, -0.2) is 0 Å². The van der Waals surface area contributed by atoms with Crippen molar-refractivity contribution in [1.82, 2.24) is 4.57 Å². The molecular formula is C58H41N3O. The molecule has 3 heterocycles. The molecule has 8 aromatic rings.